The molecule has 0 aromatic rings. The Morgan fingerprint density at radius 2 is 1.88 bits per heavy atom. The van der Waals surface area contributed by atoms with Crippen LogP contribution < -0.4 is 0 Å². The third-order valence-corrected chi connectivity index (χ3v) is 1.65. The van der Waals surface area contributed by atoms with Crippen molar-refractivity contribution in [2.75, 3.05) is 33.0 Å². The molecule has 98 valence electrons. The molecule has 0 aliphatic carbocycles. The van der Waals surface area contributed by atoms with Gasteiger partial charge in [-0.3, -0.25) is 4.79 Å². The lowest BCUT2D eigenvalue weighted by Gasteiger charge is -2.06. The van der Waals surface area contributed by atoms with Crippen molar-refractivity contribution < 1.29 is 28.9 Å². The summed E-state index contributed by atoms with van der Waals surface area (Å²) in [5, 5.41) is 8.41. The van der Waals surface area contributed by atoms with Gasteiger partial charge in [0.15, 0.2) is 0 Å². The normalized spacial score (nSPS) is 9.76. The van der Waals surface area contributed by atoms with Crippen LogP contribution in [-0.2, 0) is 23.8 Å². The van der Waals surface area contributed by atoms with E-state index < -0.39 is 11.9 Å². The summed E-state index contributed by atoms with van der Waals surface area (Å²) in [6.07, 6.45) is -0.196. The molecule has 17 heavy (non-hydrogen) atoms. The van der Waals surface area contributed by atoms with Crippen LogP contribution >= 0.6 is 0 Å². The third kappa shape index (κ3) is 8.41. The van der Waals surface area contributed by atoms with Crippen molar-refractivity contribution in [3.05, 3.63) is 12.2 Å². The lowest BCUT2D eigenvalue weighted by atomic mass is 10.2. The highest BCUT2D eigenvalue weighted by Gasteiger charge is 2.13. The summed E-state index contributed by atoms with van der Waals surface area (Å²) in [4.78, 5) is 22.3. The zero-order chi connectivity index (χ0) is 13.1. The van der Waals surface area contributed by atoms with Crippen molar-refractivity contribution in [3.8, 4) is 0 Å². The Bertz CT molecular complexity index is 261. The first-order valence-electron chi connectivity index (χ1n) is 5.31. The van der Waals surface area contributed by atoms with Gasteiger partial charge < -0.3 is 19.3 Å². The maximum atomic E-state index is 11.2. The van der Waals surface area contributed by atoms with Gasteiger partial charge in [-0.25, -0.2) is 4.79 Å². The predicted molar refractivity (Wildman–Crippen MR) is 59.3 cm³/mol. The summed E-state index contributed by atoms with van der Waals surface area (Å²) in [6, 6.07) is 0. The number of aliphatic hydroxyl groups excluding tert-OH is 1. The second kappa shape index (κ2) is 9.80. The van der Waals surface area contributed by atoms with Gasteiger partial charge in [-0.05, 0) is 6.92 Å². The molecule has 0 radical (unpaired) electrons. The largest absolute Gasteiger partial charge is 0.463 e. The SMILES string of the molecule is C=C(CC(=O)OCCOCCO)C(=O)OCC. The highest BCUT2D eigenvalue weighted by Crippen LogP contribution is 2.02. The van der Waals surface area contributed by atoms with Gasteiger partial charge in [0.25, 0.3) is 0 Å². The molecule has 6 nitrogen and oxygen atoms in total. The molecule has 0 spiro atoms. The molecular formula is C11H18O6. The first-order chi connectivity index (χ1) is 8.11. The Hall–Kier alpha value is -1.40. The Balaban J connectivity index is 3.64. The van der Waals surface area contributed by atoms with E-state index in [0.717, 1.165) is 0 Å². The zero-order valence-electron chi connectivity index (χ0n) is 9.94. The van der Waals surface area contributed by atoms with Crippen molar-refractivity contribution >= 4 is 11.9 Å². The van der Waals surface area contributed by atoms with Gasteiger partial charge >= 0.3 is 11.9 Å². The molecule has 6 heteroatoms. The number of aliphatic hydroxyl groups is 1. The summed E-state index contributed by atoms with van der Waals surface area (Å²) in [5.74, 6) is -1.16. The molecule has 0 aromatic heterocycles. The zero-order valence-corrected chi connectivity index (χ0v) is 9.94. The number of rotatable bonds is 9. The molecule has 1 N–H and O–H groups in total. The second-order valence-electron chi connectivity index (χ2n) is 3.06. The molecule has 0 bridgehead atoms. The van der Waals surface area contributed by atoms with Crippen LogP contribution in [0.4, 0.5) is 0 Å². The minimum atomic E-state index is -0.596. The molecule has 0 heterocycles. The van der Waals surface area contributed by atoms with Gasteiger partial charge in [0.2, 0.25) is 0 Å². The number of esters is 2. The number of carbonyl (C=O) groups is 2. The van der Waals surface area contributed by atoms with E-state index in [0.29, 0.717) is 0 Å². The van der Waals surface area contributed by atoms with Crippen LogP contribution in [0.25, 0.3) is 0 Å². The Kier molecular flexibility index (Phi) is 8.99. The maximum absolute atomic E-state index is 11.2. The summed E-state index contributed by atoms with van der Waals surface area (Å²) >= 11 is 0. The van der Waals surface area contributed by atoms with E-state index in [-0.39, 0.29) is 45.0 Å². The van der Waals surface area contributed by atoms with Gasteiger partial charge in [-0.2, -0.15) is 0 Å². The minimum Gasteiger partial charge on any atom is -0.463 e. The Labute approximate surface area is 100 Å². The molecule has 0 atom stereocenters. The summed E-state index contributed by atoms with van der Waals surface area (Å²) in [5.41, 5.74) is 0.0631. The lowest BCUT2D eigenvalue weighted by Crippen LogP contribution is -2.15. The molecule has 0 saturated heterocycles. The van der Waals surface area contributed by atoms with E-state index in [1.54, 1.807) is 6.92 Å². The van der Waals surface area contributed by atoms with Gasteiger partial charge in [0.1, 0.15) is 6.61 Å². The highest BCUT2D eigenvalue weighted by molar-refractivity contribution is 5.93. The number of carbonyl (C=O) groups excluding carboxylic acids is 2. The van der Waals surface area contributed by atoms with Crippen LogP contribution in [-0.4, -0.2) is 50.1 Å². The first-order valence-corrected chi connectivity index (χ1v) is 5.31. The number of ether oxygens (including phenoxy) is 3. The fraction of sp³-hybridized carbons (Fsp3) is 0.636. The standard InChI is InChI=1S/C11H18O6/c1-3-16-11(14)9(2)8-10(13)17-7-6-15-5-4-12/h12H,2-8H2,1H3. The fourth-order valence-electron chi connectivity index (χ4n) is 0.912. The lowest BCUT2D eigenvalue weighted by molar-refractivity contribution is -0.147. The fourth-order valence-corrected chi connectivity index (χ4v) is 0.912. The summed E-state index contributed by atoms with van der Waals surface area (Å²) in [6.45, 7) is 5.75. The molecule has 0 fully saturated rings. The van der Waals surface area contributed by atoms with E-state index in [9.17, 15) is 9.59 Å². The smallest absolute Gasteiger partial charge is 0.333 e. The van der Waals surface area contributed by atoms with Crippen LogP contribution in [0.1, 0.15) is 13.3 Å². The first kappa shape index (κ1) is 15.6. The number of hydrogen-bond acceptors (Lipinski definition) is 6. The number of hydrogen-bond donors (Lipinski definition) is 1. The second-order valence-corrected chi connectivity index (χ2v) is 3.06. The van der Waals surface area contributed by atoms with E-state index in [2.05, 4.69) is 11.3 Å². The van der Waals surface area contributed by atoms with E-state index >= 15 is 0 Å². The Morgan fingerprint density at radius 1 is 1.18 bits per heavy atom. The summed E-state index contributed by atoms with van der Waals surface area (Å²) < 4.78 is 14.3. The maximum Gasteiger partial charge on any atom is 0.333 e. The quantitative estimate of drug-likeness (QED) is 0.351. The van der Waals surface area contributed by atoms with Crippen LogP contribution in [0.2, 0.25) is 0 Å². The molecule has 0 aliphatic heterocycles. The van der Waals surface area contributed by atoms with Crippen molar-refractivity contribution in [1.29, 1.82) is 0 Å². The minimum absolute atomic E-state index is 0.0631. The molecule has 0 unspecified atom stereocenters. The van der Waals surface area contributed by atoms with Crippen molar-refractivity contribution in [3.63, 3.8) is 0 Å². The third-order valence-electron chi connectivity index (χ3n) is 1.65. The molecular weight excluding hydrogens is 228 g/mol. The molecule has 0 saturated carbocycles. The van der Waals surface area contributed by atoms with Crippen LogP contribution in [0.5, 0.6) is 0 Å². The van der Waals surface area contributed by atoms with Crippen molar-refractivity contribution in [2.24, 2.45) is 0 Å². The average molecular weight is 246 g/mol. The van der Waals surface area contributed by atoms with Gasteiger partial charge in [-0.15, -0.1) is 0 Å². The van der Waals surface area contributed by atoms with Gasteiger partial charge in [-0.1, -0.05) is 6.58 Å². The van der Waals surface area contributed by atoms with E-state index in [4.69, 9.17) is 14.6 Å². The highest BCUT2D eigenvalue weighted by atomic mass is 16.6. The molecule has 0 rings (SSSR count). The monoisotopic (exact) mass is 246 g/mol. The average Bonchev–Trinajstić information content (AvgIpc) is 2.29. The van der Waals surface area contributed by atoms with Gasteiger partial charge in [0, 0.05) is 5.57 Å². The molecule has 0 amide bonds. The van der Waals surface area contributed by atoms with Crippen LogP contribution in [0, 0.1) is 0 Å². The van der Waals surface area contributed by atoms with Crippen molar-refractivity contribution in [1.82, 2.24) is 0 Å². The van der Waals surface area contributed by atoms with Crippen LogP contribution in [0.15, 0.2) is 12.2 Å². The molecule has 0 aromatic carbocycles. The van der Waals surface area contributed by atoms with E-state index in [1.165, 1.54) is 0 Å². The van der Waals surface area contributed by atoms with Gasteiger partial charge in [0.05, 0.1) is 32.8 Å². The predicted octanol–water partition coefficient (Wildman–Crippen LogP) is 0.0479. The summed E-state index contributed by atoms with van der Waals surface area (Å²) in [7, 11) is 0. The van der Waals surface area contributed by atoms with E-state index in [1.807, 2.05) is 0 Å². The Morgan fingerprint density at radius 3 is 2.47 bits per heavy atom. The molecule has 0 aliphatic rings. The topological polar surface area (TPSA) is 82.1 Å². The van der Waals surface area contributed by atoms with Crippen LogP contribution in [0.3, 0.4) is 0 Å². The van der Waals surface area contributed by atoms with Crippen molar-refractivity contribution in [2.45, 2.75) is 13.3 Å².